The van der Waals surface area contributed by atoms with Gasteiger partial charge in [-0.2, -0.15) is 0 Å². The van der Waals surface area contributed by atoms with Gasteiger partial charge >= 0.3 is 0 Å². The van der Waals surface area contributed by atoms with E-state index in [0.717, 1.165) is 33.2 Å². The van der Waals surface area contributed by atoms with Gasteiger partial charge in [-0.15, -0.1) is 0 Å². The molecule has 1 N–H and O–H groups in total. The highest BCUT2D eigenvalue weighted by molar-refractivity contribution is 9.10. The molecule has 0 radical (unpaired) electrons. The summed E-state index contributed by atoms with van der Waals surface area (Å²) in [7, 11) is 1.67. The molecule has 0 fully saturated rings. The summed E-state index contributed by atoms with van der Waals surface area (Å²) in [6.07, 6.45) is 0. The van der Waals surface area contributed by atoms with E-state index in [1.807, 2.05) is 31.2 Å². The Morgan fingerprint density at radius 1 is 1.20 bits per heavy atom. The van der Waals surface area contributed by atoms with Crippen LogP contribution in [0.2, 0.25) is 0 Å². The molecule has 2 rings (SSSR count). The summed E-state index contributed by atoms with van der Waals surface area (Å²) >= 11 is 3.42. The van der Waals surface area contributed by atoms with E-state index in [0.29, 0.717) is 0 Å². The van der Waals surface area contributed by atoms with Crippen LogP contribution in [-0.2, 0) is 0 Å². The van der Waals surface area contributed by atoms with Gasteiger partial charge < -0.3 is 10.1 Å². The van der Waals surface area contributed by atoms with Crippen LogP contribution in [0.3, 0.4) is 0 Å². The summed E-state index contributed by atoms with van der Waals surface area (Å²) in [4.78, 5) is 8.90. The molecule has 0 atom stereocenters. The van der Waals surface area contributed by atoms with Crippen molar-refractivity contribution in [2.24, 2.45) is 0 Å². The molecule has 5 heteroatoms. The summed E-state index contributed by atoms with van der Waals surface area (Å²) in [5, 5.41) is 3.32. The molecule has 1 heterocycles. The topological polar surface area (TPSA) is 47.0 Å². The van der Waals surface area contributed by atoms with Crippen molar-refractivity contribution in [1.29, 1.82) is 0 Å². The third-order valence-electron chi connectivity index (χ3n) is 2.92. The molecule has 2 aromatic rings. The third-order valence-corrected chi connectivity index (χ3v) is 3.33. The van der Waals surface area contributed by atoms with Gasteiger partial charge in [-0.1, -0.05) is 13.8 Å². The van der Waals surface area contributed by atoms with E-state index >= 15 is 0 Å². The van der Waals surface area contributed by atoms with Crippen LogP contribution < -0.4 is 10.1 Å². The molecule has 4 nitrogen and oxygen atoms in total. The lowest BCUT2D eigenvalue weighted by atomic mass is 10.2. The van der Waals surface area contributed by atoms with Crippen molar-refractivity contribution in [2.45, 2.75) is 26.7 Å². The first kappa shape index (κ1) is 14.8. The Kier molecular flexibility index (Phi) is 4.60. The van der Waals surface area contributed by atoms with Crippen molar-refractivity contribution >= 4 is 27.4 Å². The molecule has 0 aliphatic heterocycles. The minimum Gasteiger partial charge on any atom is -0.497 e. The Labute approximate surface area is 127 Å². The van der Waals surface area contributed by atoms with Gasteiger partial charge in [0.1, 0.15) is 22.0 Å². The first-order chi connectivity index (χ1) is 9.49. The summed E-state index contributed by atoms with van der Waals surface area (Å²) < 4.78 is 5.99. The molecule has 0 aliphatic carbocycles. The van der Waals surface area contributed by atoms with E-state index in [4.69, 9.17) is 4.74 Å². The second-order valence-electron chi connectivity index (χ2n) is 4.89. The maximum atomic E-state index is 5.21. The van der Waals surface area contributed by atoms with Crippen LogP contribution in [-0.4, -0.2) is 17.1 Å². The number of benzene rings is 1. The molecule has 0 bridgehead atoms. The maximum Gasteiger partial charge on any atom is 0.135 e. The van der Waals surface area contributed by atoms with Crippen molar-refractivity contribution in [3.05, 3.63) is 40.3 Å². The second kappa shape index (κ2) is 6.22. The fraction of sp³-hybridized carbons (Fsp3) is 0.333. The zero-order valence-corrected chi connectivity index (χ0v) is 13.7. The zero-order chi connectivity index (χ0) is 14.7. The van der Waals surface area contributed by atoms with Gasteiger partial charge in [-0.05, 0) is 46.6 Å². The summed E-state index contributed by atoms with van der Waals surface area (Å²) in [6.45, 7) is 6.18. The Morgan fingerprint density at radius 2 is 1.95 bits per heavy atom. The predicted molar refractivity (Wildman–Crippen MR) is 84.8 cm³/mol. The molecule has 1 aromatic carbocycles. The number of hydrogen-bond acceptors (Lipinski definition) is 4. The number of aromatic nitrogens is 2. The first-order valence-corrected chi connectivity index (χ1v) is 7.25. The summed E-state index contributed by atoms with van der Waals surface area (Å²) in [5.41, 5.74) is 2.11. The minimum absolute atomic E-state index is 0.282. The number of anilines is 2. The number of hydrogen-bond donors (Lipinski definition) is 1. The maximum absolute atomic E-state index is 5.21. The Morgan fingerprint density at radius 3 is 2.55 bits per heavy atom. The van der Waals surface area contributed by atoms with Crippen LogP contribution >= 0.6 is 15.9 Å². The Balaban J connectivity index is 2.30. The molecular weight excluding hydrogens is 318 g/mol. The number of methoxy groups -OCH3 is 1. The van der Waals surface area contributed by atoms with Crippen LogP contribution in [0.15, 0.2) is 28.9 Å². The normalized spacial score (nSPS) is 10.7. The van der Waals surface area contributed by atoms with Crippen molar-refractivity contribution in [2.75, 3.05) is 12.4 Å². The number of ether oxygens (including phenoxy) is 1. The van der Waals surface area contributed by atoms with Crippen molar-refractivity contribution in [1.82, 2.24) is 9.97 Å². The van der Waals surface area contributed by atoms with Crippen molar-refractivity contribution in [3.8, 4) is 5.75 Å². The SMILES string of the molecule is COc1ccc(Nc2cc(Br)nc(C(C)C)n2)c(C)c1. The van der Waals surface area contributed by atoms with E-state index in [2.05, 4.69) is 45.1 Å². The lowest BCUT2D eigenvalue weighted by Gasteiger charge is -2.12. The van der Waals surface area contributed by atoms with Gasteiger partial charge in [-0.3, -0.25) is 0 Å². The number of aryl methyl sites for hydroxylation is 1. The molecule has 0 amide bonds. The summed E-state index contributed by atoms with van der Waals surface area (Å²) in [5.74, 6) is 2.72. The molecule has 0 aliphatic rings. The van der Waals surface area contributed by atoms with Crippen LogP contribution in [0.1, 0.15) is 31.2 Å². The average Bonchev–Trinajstić information content (AvgIpc) is 2.40. The minimum atomic E-state index is 0.282. The van der Waals surface area contributed by atoms with Crippen LogP contribution in [0, 0.1) is 6.92 Å². The van der Waals surface area contributed by atoms with Crippen molar-refractivity contribution in [3.63, 3.8) is 0 Å². The fourth-order valence-electron chi connectivity index (χ4n) is 1.80. The van der Waals surface area contributed by atoms with E-state index in [-0.39, 0.29) is 5.92 Å². The van der Waals surface area contributed by atoms with Crippen molar-refractivity contribution < 1.29 is 4.74 Å². The summed E-state index contributed by atoms with van der Waals surface area (Å²) in [6, 6.07) is 7.77. The van der Waals surface area contributed by atoms with Gasteiger partial charge in [0.25, 0.3) is 0 Å². The zero-order valence-electron chi connectivity index (χ0n) is 12.1. The highest BCUT2D eigenvalue weighted by atomic mass is 79.9. The van der Waals surface area contributed by atoms with E-state index in [1.165, 1.54) is 0 Å². The standard InChI is InChI=1S/C15H18BrN3O/c1-9(2)15-18-13(16)8-14(19-15)17-12-6-5-11(20-4)7-10(12)3/h5-9H,1-4H3,(H,17,18,19). The average molecular weight is 336 g/mol. The van der Waals surface area contributed by atoms with Gasteiger partial charge in [-0.25, -0.2) is 9.97 Å². The molecule has 0 saturated carbocycles. The molecular formula is C15H18BrN3O. The molecule has 0 spiro atoms. The molecule has 20 heavy (non-hydrogen) atoms. The highest BCUT2D eigenvalue weighted by Crippen LogP contribution is 2.25. The predicted octanol–water partition coefficient (Wildman–Crippen LogP) is 4.42. The third kappa shape index (κ3) is 3.48. The van der Waals surface area contributed by atoms with Gasteiger partial charge in [0, 0.05) is 17.7 Å². The lowest BCUT2D eigenvalue weighted by Crippen LogP contribution is -2.03. The van der Waals surface area contributed by atoms with E-state index in [9.17, 15) is 0 Å². The number of nitrogens with one attached hydrogen (secondary N) is 1. The smallest absolute Gasteiger partial charge is 0.135 e. The van der Waals surface area contributed by atoms with Crippen LogP contribution in [0.25, 0.3) is 0 Å². The second-order valence-corrected chi connectivity index (χ2v) is 5.71. The molecule has 0 unspecified atom stereocenters. The lowest BCUT2D eigenvalue weighted by molar-refractivity contribution is 0.414. The number of halogens is 1. The quantitative estimate of drug-likeness (QED) is 0.840. The van der Waals surface area contributed by atoms with E-state index < -0.39 is 0 Å². The van der Waals surface area contributed by atoms with Crippen LogP contribution in [0.4, 0.5) is 11.5 Å². The fourth-order valence-corrected chi connectivity index (χ4v) is 2.20. The van der Waals surface area contributed by atoms with Gasteiger partial charge in [0.2, 0.25) is 0 Å². The molecule has 106 valence electrons. The highest BCUT2D eigenvalue weighted by Gasteiger charge is 2.08. The molecule has 1 aromatic heterocycles. The van der Waals surface area contributed by atoms with Crippen LogP contribution in [0.5, 0.6) is 5.75 Å². The monoisotopic (exact) mass is 335 g/mol. The Bertz CT molecular complexity index is 614. The first-order valence-electron chi connectivity index (χ1n) is 6.45. The Hall–Kier alpha value is -1.62. The molecule has 0 saturated heterocycles. The van der Waals surface area contributed by atoms with Gasteiger partial charge in [0.05, 0.1) is 7.11 Å². The van der Waals surface area contributed by atoms with E-state index in [1.54, 1.807) is 7.11 Å². The van der Waals surface area contributed by atoms with Gasteiger partial charge in [0.15, 0.2) is 0 Å². The number of nitrogens with zero attached hydrogens (tertiary/aromatic N) is 2. The largest absolute Gasteiger partial charge is 0.497 e. The number of rotatable bonds is 4.